The van der Waals surface area contributed by atoms with Gasteiger partial charge in [0.1, 0.15) is 48.6 Å². The molecule has 19 nitrogen and oxygen atoms in total. The molecule has 0 aromatic heterocycles. The fraction of sp³-hybridized carbons (Fsp3) is 0.731. The molecular formula is C26H43N5O14. The number of carbonyl (C=O) groups is 7. The number of nitrogens with one attached hydrogen (secondary N) is 4. The Labute approximate surface area is 258 Å². The summed E-state index contributed by atoms with van der Waals surface area (Å²) in [5.74, 6) is -7.29. The van der Waals surface area contributed by atoms with E-state index >= 15 is 0 Å². The van der Waals surface area contributed by atoms with Crippen LogP contribution in [0.3, 0.4) is 0 Å². The number of carboxylic acid groups (broad SMARTS) is 3. The Morgan fingerprint density at radius 3 is 2.04 bits per heavy atom. The van der Waals surface area contributed by atoms with Gasteiger partial charge in [-0.1, -0.05) is 0 Å². The average Bonchev–Trinajstić information content (AvgIpc) is 2.95. The summed E-state index contributed by atoms with van der Waals surface area (Å²) in [6.45, 7) is 3.09. The van der Waals surface area contributed by atoms with E-state index in [1.165, 1.54) is 20.8 Å². The van der Waals surface area contributed by atoms with Gasteiger partial charge in [0.2, 0.25) is 23.6 Å². The second-order valence-electron chi connectivity index (χ2n) is 10.6. The van der Waals surface area contributed by atoms with E-state index in [4.69, 9.17) is 25.4 Å². The van der Waals surface area contributed by atoms with Gasteiger partial charge in [-0.2, -0.15) is 0 Å². The van der Waals surface area contributed by atoms with Gasteiger partial charge in [0.25, 0.3) is 0 Å². The second kappa shape index (κ2) is 18.8. The first kappa shape index (κ1) is 39.1. The standard InChI is InChI=1S/C26H43N5O14/c1-11(28-23(38)12(2)45-21-17(29-13(3)33)10-44-18(9-32)20(21)36)22(37)30-15(7-8-19(34)35)24(39)31-16(26(42)43)6-4-5-14(27)25(40)41/h11-12,14-18,20-21,32,36H,4-10,27H2,1-3H3,(H,28,38)(H,29,33)(H,30,37)(H,31,39)(H,34,35)(H,40,41)(H,42,43)/t11-,12+,14?,15+,16-,17-,18+,20+,21+/m0/s1. The smallest absolute Gasteiger partial charge is 0.326 e. The molecule has 1 heterocycles. The van der Waals surface area contributed by atoms with Gasteiger partial charge in [-0.05, 0) is 39.5 Å². The van der Waals surface area contributed by atoms with E-state index in [-0.39, 0.29) is 25.9 Å². The van der Waals surface area contributed by atoms with Gasteiger partial charge in [-0.25, -0.2) is 4.79 Å². The van der Waals surface area contributed by atoms with Crippen molar-refractivity contribution in [1.29, 1.82) is 0 Å². The van der Waals surface area contributed by atoms with Crippen molar-refractivity contribution < 1.29 is 68.6 Å². The zero-order chi connectivity index (χ0) is 34.4. The molecule has 45 heavy (non-hydrogen) atoms. The van der Waals surface area contributed by atoms with E-state index in [0.29, 0.717) is 0 Å². The van der Waals surface area contributed by atoms with E-state index in [9.17, 15) is 48.9 Å². The first-order valence-electron chi connectivity index (χ1n) is 14.2. The highest BCUT2D eigenvalue weighted by Gasteiger charge is 2.42. The van der Waals surface area contributed by atoms with Crippen LogP contribution < -0.4 is 27.0 Å². The molecule has 0 spiro atoms. The summed E-state index contributed by atoms with van der Waals surface area (Å²) < 4.78 is 11.0. The molecule has 0 saturated carbocycles. The van der Waals surface area contributed by atoms with E-state index in [1.54, 1.807) is 0 Å². The molecule has 256 valence electrons. The number of aliphatic hydroxyl groups is 2. The fourth-order valence-corrected chi connectivity index (χ4v) is 4.31. The molecule has 9 atom stereocenters. The quantitative estimate of drug-likeness (QED) is 0.0638. The summed E-state index contributed by atoms with van der Waals surface area (Å²) >= 11 is 0. The van der Waals surface area contributed by atoms with Gasteiger partial charge in [0.05, 0.1) is 19.3 Å². The average molecular weight is 650 g/mol. The molecule has 4 amide bonds. The molecule has 0 bridgehead atoms. The molecule has 0 aliphatic carbocycles. The molecule has 1 saturated heterocycles. The van der Waals surface area contributed by atoms with Gasteiger partial charge < -0.3 is 62.0 Å². The van der Waals surface area contributed by atoms with Crippen LogP contribution in [0.2, 0.25) is 0 Å². The third-order valence-electron chi connectivity index (χ3n) is 6.87. The molecule has 1 unspecified atom stereocenters. The fourth-order valence-electron chi connectivity index (χ4n) is 4.31. The van der Waals surface area contributed by atoms with E-state index in [2.05, 4.69) is 21.3 Å². The summed E-state index contributed by atoms with van der Waals surface area (Å²) in [7, 11) is 0. The Morgan fingerprint density at radius 1 is 0.889 bits per heavy atom. The van der Waals surface area contributed by atoms with E-state index in [1.807, 2.05) is 0 Å². The minimum absolute atomic E-state index is 0.0251. The van der Waals surface area contributed by atoms with Gasteiger partial charge in [-0.3, -0.25) is 28.8 Å². The highest BCUT2D eigenvalue weighted by atomic mass is 16.6. The largest absolute Gasteiger partial charge is 0.481 e. The predicted octanol–water partition coefficient (Wildman–Crippen LogP) is -3.98. The first-order valence-corrected chi connectivity index (χ1v) is 14.2. The molecule has 1 aliphatic rings. The minimum atomic E-state index is -1.52. The van der Waals surface area contributed by atoms with Crippen LogP contribution in [-0.4, -0.2) is 135 Å². The Kier molecular flexibility index (Phi) is 16.3. The number of carbonyl (C=O) groups excluding carboxylic acids is 4. The zero-order valence-electron chi connectivity index (χ0n) is 25.1. The lowest BCUT2D eigenvalue weighted by Crippen LogP contribution is -2.62. The van der Waals surface area contributed by atoms with Crippen molar-refractivity contribution in [3.8, 4) is 0 Å². The SMILES string of the molecule is CC(=O)N[C@H]1CO[C@H](CO)[C@@H](O)[C@@H]1O[C@H](C)C(=O)N[C@@H](C)C(=O)N[C@H](CCC(=O)O)C(=O)N[C@@H](CCCC(N)C(=O)O)C(=O)O. The Balaban J connectivity index is 2.88. The van der Waals surface area contributed by atoms with Crippen molar-refractivity contribution in [2.24, 2.45) is 5.73 Å². The van der Waals surface area contributed by atoms with E-state index < -0.39 is 116 Å². The molecule has 0 radical (unpaired) electrons. The van der Waals surface area contributed by atoms with Crippen LogP contribution in [0.25, 0.3) is 0 Å². The van der Waals surface area contributed by atoms with Gasteiger partial charge in [-0.15, -0.1) is 0 Å². The predicted molar refractivity (Wildman–Crippen MR) is 150 cm³/mol. The number of nitrogens with two attached hydrogens (primary N) is 1. The van der Waals surface area contributed by atoms with E-state index in [0.717, 1.165) is 0 Å². The molecule has 0 aromatic rings. The van der Waals surface area contributed by atoms with Crippen molar-refractivity contribution in [3.63, 3.8) is 0 Å². The third kappa shape index (κ3) is 13.3. The van der Waals surface area contributed by atoms with Crippen LogP contribution in [0.5, 0.6) is 0 Å². The van der Waals surface area contributed by atoms with Crippen LogP contribution >= 0.6 is 0 Å². The highest BCUT2D eigenvalue weighted by molar-refractivity contribution is 5.94. The number of aliphatic carboxylic acids is 3. The molecule has 19 heteroatoms. The number of amides is 4. The third-order valence-corrected chi connectivity index (χ3v) is 6.87. The number of hydrogen-bond donors (Lipinski definition) is 10. The summed E-state index contributed by atoms with van der Waals surface area (Å²) in [4.78, 5) is 83.8. The summed E-state index contributed by atoms with van der Waals surface area (Å²) in [6.07, 6.45) is -6.19. The molecule has 1 fully saturated rings. The lowest BCUT2D eigenvalue weighted by molar-refractivity contribution is -0.193. The number of carboxylic acids is 3. The van der Waals surface area contributed by atoms with Crippen LogP contribution in [0.15, 0.2) is 0 Å². The summed E-state index contributed by atoms with van der Waals surface area (Å²) in [5, 5.41) is 56.8. The normalized spacial score (nSPS) is 22.9. The maximum absolute atomic E-state index is 12.9. The zero-order valence-corrected chi connectivity index (χ0v) is 25.1. The number of aliphatic hydroxyl groups excluding tert-OH is 2. The summed E-state index contributed by atoms with van der Waals surface area (Å²) in [5.41, 5.74) is 5.40. The Bertz CT molecular complexity index is 1070. The lowest BCUT2D eigenvalue weighted by atomic mass is 9.97. The van der Waals surface area contributed by atoms with Crippen molar-refractivity contribution in [3.05, 3.63) is 0 Å². The highest BCUT2D eigenvalue weighted by Crippen LogP contribution is 2.20. The minimum Gasteiger partial charge on any atom is -0.481 e. The number of ether oxygens (including phenoxy) is 2. The van der Waals surface area contributed by atoms with Crippen molar-refractivity contribution in [2.75, 3.05) is 13.2 Å². The topological polar surface area (TPSA) is 313 Å². The molecule has 11 N–H and O–H groups in total. The Morgan fingerprint density at radius 2 is 1.51 bits per heavy atom. The van der Waals surface area contributed by atoms with Crippen LogP contribution in [-0.2, 0) is 43.0 Å². The van der Waals surface area contributed by atoms with Crippen molar-refractivity contribution in [2.45, 2.75) is 108 Å². The maximum Gasteiger partial charge on any atom is 0.326 e. The van der Waals surface area contributed by atoms with Crippen LogP contribution in [0.4, 0.5) is 0 Å². The van der Waals surface area contributed by atoms with Gasteiger partial charge >= 0.3 is 17.9 Å². The molecule has 1 aliphatic heterocycles. The second-order valence-corrected chi connectivity index (χ2v) is 10.6. The van der Waals surface area contributed by atoms with Crippen LogP contribution in [0.1, 0.15) is 52.9 Å². The van der Waals surface area contributed by atoms with Crippen molar-refractivity contribution in [1.82, 2.24) is 21.3 Å². The molecule has 0 aromatic carbocycles. The maximum atomic E-state index is 12.9. The van der Waals surface area contributed by atoms with Gasteiger partial charge in [0.15, 0.2) is 0 Å². The molecule has 1 rings (SSSR count). The lowest BCUT2D eigenvalue weighted by Gasteiger charge is -2.40. The van der Waals surface area contributed by atoms with Crippen LogP contribution in [0, 0.1) is 0 Å². The number of rotatable bonds is 19. The molecular weight excluding hydrogens is 606 g/mol. The monoisotopic (exact) mass is 649 g/mol. The van der Waals surface area contributed by atoms with Crippen molar-refractivity contribution >= 4 is 41.5 Å². The first-order chi connectivity index (χ1) is 21.0. The Hall–Kier alpha value is -3.91. The summed E-state index contributed by atoms with van der Waals surface area (Å²) in [6, 6.07) is -6.43. The van der Waals surface area contributed by atoms with Gasteiger partial charge in [0, 0.05) is 13.3 Å². The number of hydrogen-bond acceptors (Lipinski definition) is 12.